The summed E-state index contributed by atoms with van der Waals surface area (Å²) in [5.74, 6) is 2.44. The molecular weight excluding hydrogens is 168 g/mol. The first kappa shape index (κ1) is 8.59. The molecule has 0 N–H and O–H groups in total. The molecule has 0 heterocycles. The summed E-state index contributed by atoms with van der Waals surface area (Å²) >= 11 is 0. The monoisotopic (exact) mass is 177 g/mol. The molecule has 0 aliphatic carbocycles. The Morgan fingerprint density at radius 1 is 0.786 bits per heavy atom. The van der Waals surface area contributed by atoms with Crippen molar-refractivity contribution in [2.45, 2.75) is 0 Å². The second kappa shape index (κ2) is 3.81. The van der Waals surface area contributed by atoms with Crippen molar-refractivity contribution in [3.63, 3.8) is 0 Å². The minimum atomic E-state index is 0.832. The molecule has 2 aromatic carbocycles. The molecule has 0 unspecified atom stereocenters. The van der Waals surface area contributed by atoms with Gasteiger partial charge in [-0.25, -0.2) is 0 Å². The van der Waals surface area contributed by atoms with E-state index in [-0.39, 0.29) is 0 Å². The summed E-state index contributed by atoms with van der Waals surface area (Å²) in [5.41, 5.74) is 3.02. The predicted octanol–water partition coefficient (Wildman–Crippen LogP) is 3.29. The van der Waals surface area contributed by atoms with E-state index in [9.17, 15) is 0 Å². The normalized spacial score (nSPS) is 9.36. The van der Waals surface area contributed by atoms with Gasteiger partial charge in [-0.15, -0.1) is 0 Å². The molecule has 65 valence electrons. The van der Waals surface area contributed by atoms with Crippen LogP contribution in [0.4, 0.5) is 0 Å². The van der Waals surface area contributed by atoms with E-state index in [0.29, 0.717) is 0 Å². The number of benzene rings is 2. The van der Waals surface area contributed by atoms with Crippen molar-refractivity contribution >= 4 is 0 Å². The van der Waals surface area contributed by atoms with Gasteiger partial charge in [-0.05, 0) is 23.6 Å². The third kappa shape index (κ3) is 1.53. The van der Waals surface area contributed by atoms with Gasteiger partial charge in [0.25, 0.3) is 0 Å². The first-order valence-corrected chi connectivity index (χ1v) is 4.49. The van der Waals surface area contributed by atoms with Crippen molar-refractivity contribution in [3.05, 3.63) is 66.6 Å². The summed E-state index contributed by atoms with van der Waals surface area (Å²) in [7, 11) is 0. The Labute approximate surface area is 84.2 Å². The van der Waals surface area contributed by atoms with Crippen LogP contribution in [-0.4, -0.2) is 0 Å². The summed E-state index contributed by atoms with van der Waals surface area (Å²) in [5, 5.41) is 0. The van der Waals surface area contributed by atoms with Crippen LogP contribution in [0.1, 0.15) is 5.56 Å². The van der Waals surface area contributed by atoms with Crippen molar-refractivity contribution in [2.75, 3.05) is 0 Å². The zero-order valence-corrected chi connectivity index (χ0v) is 7.70. The first-order valence-electron chi connectivity index (χ1n) is 4.49. The van der Waals surface area contributed by atoms with Gasteiger partial charge < -0.3 is 0 Å². The molecule has 1 radical (unpaired) electrons. The summed E-state index contributed by atoms with van der Waals surface area (Å²) < 4.78 is 0. The summed E-state index contributed by atoms with van der Waals surface area (Å²) in [6.45, 7) is 0. The van der Waals surface area contributed by atoms with Gasteiger partial charge in [0, 0.05) is 5.56 Å². The summed E-state index contributed by atoms with van der Waals surface area (Å²) in [6.07, 6.45) is 7.18. The SMILES string of the molecule is [C]#Cc1ccccc1-c1ccccc1. The largest absolute Gasteiger partial charge is 0.0622 e. The molecule has 0 spiro atoms. The lowest BCUT2D eigenvalue weighted by atomic mass is 10.0. The highest BCUT2D eigenvalue weighted by Gasteiger charge is 2.00. The van der Waals surface area contributed by atoms with Crippen molar-refractivity contribution in [1.29, 1.82) is 0 Å². The van der Waals surface area contributed by atoms with E-state index in [2.05, 4.69) is 5.92 Å². The highest BCUT2D eigenvalue weighted by Crippen LogP contribution is 2.22. The van der Waals surface area contributed by atoms with Gasteiger partial charge in [0.05, 0.1) is 0 Å². The Bertz CT molecular complexity index is 461. The standard InChI is InChI=1S/C14H9/c1-2-12-8-6-7-11-14(12)13-9-4-3-5-10-13/h3-11H. The number of hydrogen-bond acceptors (Lipinski definition) is 0. The fourth-order valence-corrected chi connectivity index (χ4v) is 1.46. The molecule has 0 aliphatic rings. The van der Waals surface area contributed by atoms with Crippen LogP contribution in [0.3, 0.4) is 0 Å². The average Bonchev–Trinajstić information content (AvgIpc) is 2.30. The van der Waals surface area contributed by atoms with E-state index >= 15 is 0 Å². The predicted molar refractivity (Wildman–Crippen MR) is 58.1 cm³/mol. The minimum absolute atomic E-state index is 0.832. The van der Waals surface area contributed by atoms with Crippen LogP contribution in [0.25, 0.3) is 11.1 Å². The molecule has 0 saturated heterocycles. The Hall–Kier alpha value is -2.00. The second-order valence-corrected chi connectivity index (χ2v) is 3.04. The third-order valence-corrected chi connectivity index (χ3v) is 2.15. The minimum Gasteiger partial charge on any atom is -0.0622 e. The molecule has 2 rings (SSSR count). The molecule has 0 aromatic heterocycles. The Morgan fingerprint density at radius 3 is 2.14 bits per heavy atom. The molecule has 0 aliphatic heterocycles. The fourth-order valence-electron chi connectivity index (χ4n) is 1.46. The van der Waals surface area contributed by atoms with Gasteiger partial charge in [0.1, 0.15) is 0 Å². The van der Waals surface area contributed by atoms with Crippen molar-refractivity contribution < 1.29 is 0 Å². The lowest BCUT2D eigenvalue weighted by Crippen LogP contribution is -1.82. The van der Waals surface area contributed by atoms with Gasteiger partial charge in [0.2, 0.25) is 0 Å². The zero-order valence-electron chi connectivity index (χ0n) is 7.70. The van der Waals surface area contributed by atoms with Gasteiger partial charge in [-0.3, -0.25) is 0 Å². The van der Waals surface area contributed by atoms with Gasteiger partial charge in [0.15, 0.2) is 0 Å². The van der Waals surface area contributed by atoms with Crippen LogP contribution in [0.15, 0.2) is 54.6 Å². The molecule has 0 fully saturated rings. The highest BCUT2D eigenvalue weighted by atomic mass is 14.0. The smallest absolute Gasteiger partial charge is 0.0334 e. The van der Waals surface area contributed by atoms with Crippen LogP contribution in [0.2, 0.25) is 0 Å². The fraction of sp³-hybridized carbons (Fsp3) is 0. The Kier molecular flexibility index (Phi) is 2.34. The molecule has 0 amide bonds. The van der Waals surface area contributed by atoms with E-state index in [1.807, 2.05) is 54.6 Å². The van der Waals surface area contributed by atoms with E-state index in [1.165, 1.54) is 0 Å². The second-order valence-electron chi connectivity index (χ2n) is 3.04. The topological polar surface area (TPSA) is 0 Å². The summed E-state index contributed by atoms with van der Waals surface area (Å²) in [6, 6.07) is 17.9. The van der Waals surface area contributed by atoms with Gasteiger partial charge in [-0.2, -0.15) is 0 Å². The van der Waals surface area contributed by atoms with Crippen molar-refractivity contribution in [1.82, 2.24) is 0 Å². The number of rotatable bonds is 1. The van der Waals surface area contributed by atoms with Crippen LogP contribution in [0.5, 0.6) is 0 Å². The molecule has 14 heavy (non-hydrogen) atoms. The van der Waals surface area contributed by atoms with Crippen LogP contribution < -0.4 is 0 Å². The Balaban J connectivity index is 2.58. The van der Waals surface area contributed by atoms with E-state index in [0.717, 1.165) is 16.7 Å². The van der Waals surface area contributed by atoms with E-state index < -0.39 is 0 Å². The molecule has 0 saturated carbocycles. The van der Waals surface area contributed by atoms with Crippen LogP contribution >= 0.6 is 0 Å². The first-order chi connectivity index (χ1) is 6.92. The number of hydrogen-bond donors (Lipinski definition) is 0. The molecular formula is C14H9. The van der Waals surface area contributed by atoms with Gasteiger partial charge >= 0.3 is 0 Å². The molecule has 0 atom stereocenters. The third-order valence-electron chi connectivity index (χ3n) is 2.15. The average molecular weight is 177 g/mol. The maximum absolute atomic E-state index is 7.18. The van der Waals surface area contributed by atoms with Crippen LogP contribution in [0, 0.1) is 12.3 Å². The molecule has 0 bridgehead atoms. The van der Waals surface area contributed by atoms with E-state index in [4.69, 9.17) is 6.42 Å². The van der Waals surface area contributed by atoms with Crippen molar-refractivity contribution in [2.24, 2.45) is 0 Å². The van der Waals surface area contributed by atoms with Crippen LogP contribution in [-0.2, 0) is 0 Å². The van der Waals surface area contributed by atoms with Crippen molar-refractivity contribution in [3.8, 4) is 17.0 Å². The highest BCUT2D eigenvalue weighted by molar-refractivity contribution is 5.70. The van der Waals surface area contributed by atoms with Gasteiger partial charge in [-0.1, -0.05) is 54.5 Å². The zero-order chi connectivity index (χ0) is 9.80. The Morgan fingerprint density at radius 2 is 1.43 bits per heavy atom. The molecule has 0 nitrogen and oxygen atoms in total. The lowest BCUT2D eigenvalue weighted by Gasteiger charge is -2.03. The maximum atomic E-state index is 7.18. The quantitative estimate of drug-likeness (QED) is 0.586. The van der Waals surface area contributed by atoms with E-state index in [1.54, 1.807) is 0 Å². The molecule has 0 heteroatoms. The maximum Gasteiger partial charge on any atom is 0.0334 e. The summed E-state index contributed by atoms with van der Waals surface area (Å²) in [4.78, 5) is 0. The molecule has 2 aromatic rings. The lowest BCUT2D eigenvalue weighted by molar-refractivity contribution is 1.58.